The van der Waals surface area contributed by atoms with Crippen LogP contribution in [0.3, 0.4) is 0 Å². The minimum atomic E-state index is -0.367. The smallest absolute Gasteiger partial charge is 0.109 e. The highest BCUT2D eigenvalue weighted by Crippen LogP contribution is 2.38. The van der Waals surface area contributed by atoms with Crippen molar-refractivity contribution in [2.75, 3.05) is 0 Å². The molecular formula is C16H25ClN4. The van der Waals surface area contributed by atoms with Crippen LogP contribution in [0.1, 0.15) is 50.9 Å². The van der Waals surface area contributed by atoms with Gasteiger partial charge in [-0.1, -0.05) is 18.0 Å². The van der Waals surface area contributed by atoms with Crippen molar-refractivity contribution in [1.82, 2.24) is 15.1 Å². The fraction of sp³-hybridized carbons (Fsp3) is 0.750. The van der Waals surface area contributed by atoms with Gasteiger partial charge in [0, 0.05) is 12.6 Å². The predicted molar refractivity (Wildman–Crippen MR) is 85.3 cm³/mol. The lowest BCUT2D eigenvalue weighted by Gasteiger charge is -2.32. The molecule has 1 fully saturated rings. The van der Waals surface area contributed by atoms with Gasteiger partial charge in [0.2, 0.25) is 0 Å². The number of aromatic nitrogens is 2. The zero-order chi connectivity index (χ0) is 15.6. The van der Waals surface area contributed by atoms with Gasteiger partial charge in [-0.2, -0.15) is 10.4 Å². The molecule has 0 saturated heterocycles. The second-order valence-electron chi connectivity index (χ2n) is 6.47. The van der Waals surface area contributed by atoms with E-state index in [2.05, 4.69) is 30.3 Å². The van der Waals surface area contributed by atoms with Crippen LogP contribution in [0.5, 0.6) is 0 Å². The van der Waals surface area contributed by atoms with Gasteiger partial charge in [-0.3, -0.25) is 10.00 Å². The lowest BCUT2D eigenvalue weighted by molar-refractivity contribution is 0.268. The number of hydrogen-bond acceptors (Lipinski definition) is 3. The summed E-state index contributed by atoms with van der Waals surface area (Å²) in [6.45, 7) is 8.97. The number of hydrogen-bond donors (Lipinski definition) is 1. The van der Waals surface area contributed by atoms with Crippen LogP contribution in [0.25, 0.3) is 0 Å². The van der Waals surface area contributed by atoms with Crippen molar-refractivity contribution in [3.8, 4) is 6.07 Å². The number of nitrogens with zero attached hydrogens (tertiary/aromatic N) is 3. The van der Waals surface area contributed by atoms with Crippen LogP contribution in [0.15, 0.2) is 0 Å². The summed E-state index contributed by atoms with van der Waals surface area (Å²) in [4.78, 5) is 0. The topological polar surface area (TPSA) is 53.6 Å². The third-order valence-electron chi connectivity index (χ3n) is 4.55. The third-order valence-corrected chi connectivity index (χ3v) is 5.10. The minimum Gasteiger partial charge on any atom is -0.297 e. The molecule has 0 spiro atoms. The lowest BCUT2D eigenvalue weighted by atomic mass is 9.85. The largest absolute Gasteiger partial charge is 0.297 e. The first-order valence-corrected chi connectivity index (χ1v) is 8.16. The third kappa shape index (κ3) is 3.25. The van der Waals surface area contributed by atoms with Gasteiger partial charge in [-0.05, 0) is 52.9 Å². The zero-order valence-electron chi connectivity index (χ0n) is 13.4. The number of halogens is 1. The molecule has 1 aromatic rings. The Balaban J connectivity index is 2.08. The standard InChI is InChI=1S/C16H25ClN4/c1-11(2)19-16(10-18)8-5-6-14(16)7-9-21-13(4)15(17)12(3)20-21/h11,14,19H,5-9H2,1-4H3. The van der Waals surface area contributed by atoms with Gasteiger partial charge < -0.3 is 0 Å². The highest BCUT2D eigenvalue weighted by molar-refractivity contribution is 6.31. The Labute approximate surface area is 132 Å². The van der Waals surface area contributed by atoms with E-state index in [4.69, 9.17) is 11.6 Å². The molecule has 1 aromatic heterocycles. The molecule has 1 aliphatic rings. The van der Waals surface area contributed by atoms with Crippen LogP contribution in [0, 0.1) is 31.1 Å². The summed E-state index contributed by atoms with van der Waals surface area (Å²) in [5.41, 5.74) is 1.53. The quantitative estimate of drug-likeness (QED) is 0.904. The molecule has 1 N–H and O–H groups in total. The van der Waals surface area contributed by atoms with E-state index in [1.54, 1.807) is 0 Å². The van der Waals surface area contributed by atoms with E-state index in [9.17, 15) is 5.26 Å². The van der Waals surface area contributed by atoms with Gasteiger partial charge in [0.1, 0.15) is 5.54 Å². The normalized spacial score (nSPS) is 25.5. The van der Waals surface area contributed by atoms with E-state index < -0.39 is 0 Å². The number of aryl methyl sites for hydroxylation is 2. The Morgan fingerprint density at radius 3 is 2.76 bits per heavy atom. The fourth-order valence-electron chi connectivity index (χ4n) is 3.52. The summed E-state index contributed by atoms with van der Waals surface area (Å²) in [6, 6.07) is 2.89. The van der Waals surface area contributed by atoms with Crippen molar-refractivity contribution in [3.63, 3.8) is 0 Å². The predicted octanol–water partition coefficient (Wildman–Crippen LogP) is 3.60. The maximum absolute atomic E-state index is 9.68. The van der Waals surface area contributed by atoms with Crippen LogP contribution in [-0.2, 0) is 6.54 Å². The molecule has 1 saturated carbocycles. The minimum absolute atomic E-state index is 0.327. The molecule has 0 aliphatic heterocycles. The highest BCUT2D eigenvalue weighted by atomic mass is 35.5. The molecule has 4 nitrogen and oxygen atoms in total. The summed E-state index contributed by atoms with van der Waals surface area (Å²) in [5, 5.41) is 18.4. The van der Waals surface area contributed by atoms with Crippen molar-refractivity contribution in [2.45, 2.75) is 71.5 Å². The van der Waals surface area contributed by atoms with E-state index in [-0.39, 0.29) is 5.54 Å². The molecule has 21 heavy (non-hydrogen) atoms. The maximum atomic E-state index is 9.68. The maximum Gasteiger partial charge on any atom is 0.109 e. The highest BCUT2D eigenvalue weighted by Gasteiger charge is 2.43. The van der Waals surface area contributed by atoms with Crippen LogP contribution in [0.2, 0.25) is 5.02 Å². The number of rotatable bonds is 5. The Bertz CT molecular complexity index is 543. The van der Waals surface area contributed by atoms with Crippen LogP contribution < -0.4 is 5.32 Å². The summed E-state index contributed by atoms with van der Waals surface area (Å²) < 4.78 is 1.98. The van der Waals surface area contributed by atoms with Gasteiger partial charge in [-0.15, -0.1) is 0 Å². The van der Waals surface area contributed by atoms with Gasteiger partial charge >= 0.3 is 0 Å². The SMILES string of the molecule is Cc1nn(CCC2CCCC2(C#N)NC(C)C)c(C)c1Cl. The van der Waals surface area contributed by atoms with E-state index >= 15 is 0 Å². The average molecular weight is 309 g/mol. The molecule has 0 amide bonds. The van der Waals surface area contributed by atoms with Crippen molar-refractivity contribution >= 4 is 11.6 Å². The Hall–Kier alpha value is -1.05. The summed E-state index contributed by atoms with van der Waals surface area (Å²) in [5.74, 6) is 0.382. The van der Waals surface area contributed by atoms with Crippen LogP contribution in [-0.4, -0.2) is 21.4 Å². The molecular weight excluding hydrogens is 284 g/mol. The van der Waals surface area contributed by atoms with Crippen molar-refractivity contribution in [3.05, 3.63) is 16.4 Å². The lowest BCUT2D eigenvalue weighted by Crippen LogP contribution is -2.50. The Morgan fingerprint density at radius 2 is 2.24 bits per heavy atom. The van der Waals surface area contributed by atoms with Gasteiger partial charge in [-0.25, -0.2) is 0 Å². The molecule has 5 heteroatoms. The zero-order valence-corrected chi connectivity index (χ0v) is 14.2. The molecule has 2 unspecified atom stereocenters. The van der Waals surface area contributed by atoms with E-state index in [0.29, 0.717) is 12.0 Å². The van der Waals surface area contributed by atoms with E-state index in [0.717, 1.165) is 48.6 Å². The van der Waals surface area contributed by atoms with Gasteiger partial charge in [0.25, 0.3) is 0 Å². The molecule has 116 valence electrons. The second-order valence-corrected chi connectivity index (χ2v) is 6.85. The van der Waals surface area contributed by atoms with Gasteiger partial charge in [0.05, 0.1) is 22.5 Å². The van der Waals surface area contributed by atoms with Crippen LogP contribution >= 0.6 is 11.6 Å². The molecule has 1 heterocycles. The molecule has 0 radical (unpaired) electrons. The van der Waals surface area contributed by atoms with E-state index in [1.165, 1.54) is 0 Å². The molecule has 0 aromatic carbocycles. The summed E-state index contributed by atoms with van der Waals surface area (Å²) in [7, 11) is 0. The second kappa shape index (κ2) is 6.37. The van der Waals surface area contributed by atoms with Gasteiger partial charge in [0.15, 0.2) is 0 Å². The Kier molecular flexibility index (Phi) is 4.95. The molecule has 1 aliphatic carbocycles. The summed E-state index contributed by atoms with van der Waals surface area (Å²) in [6.07, 6.45) is 4.14. The molecule has 2 rings (SSSR count). The van der Waals surface area contributed by atoms with E-state index in [1.807, 2.05) is 18.5 Å². The molecule has 0 bridgehead atoms. The number of nitrogens with one attached hydrogen (secondary N) is 1. The van der Waals surface area contributed by atoms with Crippen molar-refractivity contribution in [1.29, 1.82) is 5.26 Å². The van der Waals surface area contributed by atoms with Crippen LogP contribution in [0.4, 0.5) is 0 Å². The van der Waals surface area contributed by atoms with Crippen molar-refractivity contribution < 1.29 is 0 Å². The monoisotopic (exact) mass is 308 g/mol. The summed E-state index contributed by atoms with van der Waals surface area (Å²) >= 11 is 6.20. The first-order valence-electron chi connectivity index (χ1n) is 7.78. The average Bonchev–Trinajstić information content (AvgIpc) is 2.93. The molecule has 2 atom stereocenters. The fourth-order valence-corrected chi connectivity index (χ4v) is 3.66. The Morgan fingerprint density at radius 1 is 1.52 bits per heavy atom. The number of nitriles is 1. The van der Waals surface area contributed by atoms with Crippen molar-refractivity contribution in [2.24, 2.45) is 5.92 Å². The first-order chi connectivity index (χ1) is 9.89. The first kappa shape index (κ1) is 16.3.